The lowest BCUT2D eigenvalue weighted by molar-refractivity contribution is 0.828. The van der Waals surface area contributed by atoms with Crippen molar-refractivity contribution in [1.82, 2.24) is 0 Å². The zero-order valence-corrected chi connectivity index (χ0v) is 34.4. The first kappa shape index (κ1) is 36.6. The summed E-state index contributed by atoms with van der Waals surface area (Å²) >= 11 is 0. The molecule has 0 nitrogen and oxygen atoms in total. The molecule has 0 aromatic heterocycles. The average molecular weight is 751 g/mol. The zero-order chi connectivity index (χ0) is 39.3. The Balaban J connectivity index is 1.17. The molecule has 0 N–H and O–H groups in total. The fourth-order valence-electron chi connectivity index (χ4n) is 10.1. The van der Waals surface area contributed by atoms with Crippen molar-refractivity contribution >= 4 is 43.1 Å². The van der Waals surface area contributed by atoms with Crippen LogP contribution in [0.5, 0.6) is 0 Å². The molecule has 8 aromatic rings. The number of hydrogen-bond acceptors (Lipinski definition) is 0. The molecule has 8 aromatic carbocycles. The quantitative estimate of drug-likeness (QED) is 0.0813. The summed E-state index contributed by atoms with van der Waals surface area (Å²) in [5, 5.41) is 10.9. The van der Waals surface area contributed by atoms with Gasteiger partial charge in [0.2, 0.25) is 0 Å². The molecule has 0 saturated carbocycles. The van der Waals surface area contributed by atoms with Gasteiger partial charge < -0.3 is 0 Å². The highest BCUT2D eigenvalue weighted by molar-refractivity contribution is 6.25. The van der Waals surface area contributed by atoms with E-state index < -0.39 is 0 Å². The first-order valence-electron chi connectivity index (χ1n) is 21.8. The van der Waals surface area contributed by atoms with E-state index in [1.54, 1.807) is 11.1 Å². The van der Waals surface area contributed by atoms with Gasteiger partial charge in [0.25, 0.3) is 0 Å². The van der Waals surface area contributed by atoms with Crippen molar-refractivity contribution in [3.63, 3.8) is 0 Å². The second-order valence-corrected chi connectivity index (χ2v) is 17.4. The smallest absolute Gasteiger partial charge is 0.00141 e. The van der Waals surface area contributed by atoms with Crippen LogP contribution in [0.4, 0.5) is 0 Å². The van der Waals surface area contributed by atoms with E-state index in [2.05, 4.69) is 136 Å². The standard InChI is InChI=1S/C58H54/c1-5-7-9-39-17-27-49-53(33-39)37(3)54-34-40(10-8-6-2)18-28-50(54)57(49)58-51-29-19-43(13-11-41-15-21-45-23-25-47(45)31-41)35-55(51)38(4)56-36-44(20-30-52(56)58)14-12-42-16-22-46-24-26-48(46)32-42/h5-6,15-22,27-36H,1-2,7-14,23-26H2,3-4H3. The van der Waals surface area contributed by atoms with Crippen LogP contribution in [0.3, 0.4) is 0 Å². The van der Waals surface area contributed by atoms with Crippen molar-refractivity contribution in [2.45, 2.75) is 90.9 Å². The summed E-state index contributed by atoms with van der Waals surface area (Å²) in [7, 11) is 0. The minimum absolute atomic E-state index is 0.980. The van der Waals surface area contributed by atoms with Crippen molar-refractivity contribution in [3.8, 4) is 11.1 Å². The summed E-state index contributed by atoms with van der Waals surface area (Å²) in [4.78, 5) is 0. The maximum absolute atomic E-state index is 4.03. The highest BCUT2D eigenvalue weighted by Crippen LogP contribution is 2.47. The Labute approximate surface area is 345 Å². The third-order valence-corrected chi connectivity index (χ3v) is 13.8. The van der Waals surface area contributed by atoms with Crippen LogP contribution >= 0.6 is 0 Å². The molecule has 0 radical (unpaired) electrons. The van der Waals surface area contributed by atoms with Gasteiger partial charge in [-0.1, -0.05) is 121 Å². The maximum Gasteiger partial charge on any atom is -0.00141 e. The zero-order valence-electron chi connectivity index (χ0n) is 34.4. The molecule has 0 saturated heterocycles. The Bertz CT molecular complexity index is 2760. The van der Waals surface area contributed by atoms with Gasteiger partial charge in [0.15, 0.2) is 0 Å². The van der Waals surface area contributed by atoms with Gasteiger partial charge in [0.05, 0.1) is 0 Å². The average Bonchev–Trinajstić information content (AvgIpc) is 3.23. The summed E-state index contributed by atoms with van der Waals surface area (Å²) in [6, 6.07) is 43.7. The van der Waals surface area contributed by atoms with E-state index in [1.165, 1.54) is 136 Å². The minimum Gasteiger partial charge on any atom is -0.103 e. The lowest BCUT2D eigenvalue weighted by atomic mass is 9.81. The Hall–Kier alpha value is -5.72. The van der Waals surface area contributed by atoms with Crippen molar-refractivity contribution < 1.29 is 0 Å². The van der Waals surface area contributed by atoms with Crippen molar-refractivity contribution in [1.29, 1.82) is 0 Å². The van der Waals surface area contributed by atoms with E-state index in [0.717, 1.165) is 51.4 Å². The van der Waals surface area contributed by atoms with E-state index in [4.69, 9.17) is 0 Å². The summed E-state index contributed by atoms with van der Waals surface area (Å²) in [5.41, 5.74) is 20.2. The largest absolute Gasteiger partial charge is 0.103 e. The summed E-state index contributed by atoms with van der Waals surface area (Å²) in [6.07, 6.45) is 17.2. The van der Waals surface area contributed by atoms with Crippen molar-refractivity contribution in [3.05, 3.63) is 201 Å². The molecule has 58 heavy (non-hydrogen) atoms. The van der Waals surface area contributed by atoms with Gasteiger partial charge in [0, 0.05) is 0 Å². The second-order valence-electron chi connectivity index (χ2n) is 17.4. The molecule has 0 unspecified atom stereocenters. The monoisotopic (exact) mass is 750 g/mol. The molecule has 0 amide bonds. The number of hydrogen-bond donors (Lipinski definition) is 0. The number of rotatable bonds is 13. The molecule has 0 heteroatoms. The number of aryl methyl sites for hydroxylation is 12. The highest BCUT2D eigenvalue weighted by Gasteiger charge is 2.22. The van der Waals surface area contributed by atoms with Crippen LogP contribution in [-0.2, 0) is 64.2 Å². The molecular weight excluding hydrogens is 697 g/mol. The van der Waals surface area contributed by atoms with E-state index in [-0.39, 0.29) is 0 Å². The fraction of sp³-hybridized carbons (Fsp3) is 0.241. The van der Waals surface area contributed by atoms with Crippen LogP contribution < -0.4 is 0 Å². The van der Waals surface area contributed by atoms with Gasteiger partial charge in [-0.05, 0) is 212 Å². The van der Waals surface area contributed by atoms with Crippen molar-refractivity contribution in [2.75, 3.05) is 0 Å². The van der Waals surface area contributed by atoms with Gasteiger partial charge in [-0.3, -0.25) is 0 Å². The number of fused-ring (bicyclic) bond motifs is 6. The molecule has 0 fully saturated rings. The molecular formula is C58H54. The van der Waals surface area contributed by atoms with Gasteiger partial charge in [0.1, 0.15) is 0 Å². The van der Waals surface area contributed by atoms with E-state index in [1.807, 2.05) is 12.2 Å². The number of benzene rings is 8. The predicted molar refractivity (Wildman–Crippen MR) is 251 cm³/mol. The molecule has 10 rings (SSSR count). The van der Waals surface area contributed by atoms with Crippen LogP contribution in [0.1, 0.15) is 79.6 Å². The Morgan fingerprint density at radius 1 is 0.345 bits per heavy atom. The molecule has 2 aliphatic rings. The van der Waals surface area contributed by atoms with Gasteiger partial charge in [-0.15, -0.1) is 13.2 Å². The molecule has 0 spiro atoms. The highest BCUT2D eigenvalue weighted by atomic mass is 14.2. The lowest BCUT2D eigenvalue weighted by Crippen LogP contribution is -2.08. The predicted octanol–water partition coefficient (Wildman–Crippen LogP) is 14.6. The van der Waals surface area contributed by atoms with Gasteiger partial charge >= 0.3 is 0 Å². The van der Waals surface area contributed by atoms with Crippen LogP contribution in [0.2, 0.25) is 0 Å². The normalized spacial score (nSPS) is 13.1. The molecule has 0 bridgehead atoms. The van der Waals surface area contributed by atoms with Gasteiger partial charge in [-0.25, -0.2) is 0 Å². The summed E-state index contributed by atoms with van der Waals surface area (Å²) in [5.74, 6) is 0. The van der Waals surface area contributed by atoms with Crippen LogP contribution in [-0.4, -0.2) is 0 Å². The molecule has 0 heterocycles. The molecule has 0 aliphatic heterocycles. The Morgan fingerprint density at radius 3 is 0.931 bits per heavy atom. The fourth-order valence-corrected chi connectivity index (χ4v) is 10.1. The Kier molecular flexibility index (Phi) is 9.61. The SMILES string of the molecule is C=CCCc1ccc2c(-c3c4ccc(CCc5ccc6c(c5)CC6)cc4c(C)c4cc(CCc5ccc6c(c5)CC6)ccc34)c3ccc(CCC=C)cc3c(C)c2c1. The second kappa shape index (κ2) is 15.2. The number of allylic oxidation sites excluding steroid dienone is 2. The summed E-state index contributed by atoms with van der Waals surface area (Å²) in [6.45, 7) is 12.8. The third-order valence-electron chi connectivity index (χ3n) is 13.8. The first-order valence-corrected chi connectivity index (χ1v) is 21.8. The first-order chi connectivity index (χ1) is 28.4. The minimum atomic E-state index is 0.980. The van der Waals surface area contributed by atoms with Crippen LogP contribution in [0, 0.1) is 13.8 Å². The Morgan fingerprint density at radius 2 is 0.638 bits per heavy atom. The molecule has 2 aliphatic carbocycles. The summed E-state index contributed by atoms with van der Waals surface area (Å²) < 4.78 is 0. The molecule has 0 atom stereocenters. The van der Waals surface area contributed by atoms with Gasteiger partial charge in [-0.2, -0.15) is 0 Å². The van der Waals surface area contributed by atoms with E-state index in [9.17, 15) is 0 Å². The van der Waals surface area contributed by atoms with Crippen molar-refractivity contribution in [2.24, 2.45) is 0 Å². The van der Waals surface area contributed by atoms with Crippen LogP contribution in [0.25, 0.3) is 54.2 Å². The van der Waals surface area contributed by atoms with E-state index >= 15 is 0 Å². The third kappa shape index (κ3) is 6.57. The molecule has 286 valence electrons. The maximum atomic E-state index is 4.03. The van der Waals surface area contributed by atoms with Crippen LogP contribution in [0.15, 0.2) is 135 Å². The topological polar surface area (TPSA) is 0 Å². The lowest BCUT2D eigenvalue weighted by Gasteiger charge is -2.22. The van der Waals surface area contributed by atoms with E-state index in [0.29, 0.717) is 0 Å².